The molecule has 2 heteroatoms. The van der Waals surface area contributed by atoms with Gasteiger partial charge in [-0.3, -0.25) is 0 Å². The molecule has 0 amide bonds. The van der Waals surface area contributed by atoms with Gasteiger partial charge in [0.1, 0.15) is 5.82 Å². The van der Waals surface area contributed by atoms with Crippen LogP contribution in [0.25, 0.3) is 0 Å². The number of aliphatic hydroxyl groups is 1. The third-order valence-electron chi connectivity index (χ3n) is 4.00. The SMILES string of the molecule is CCCCCCCCCCCC(O)Cc1cccc(F)c1. The van der Waals surface area contributed by atoms with Gasteiger partial charge in [-0.15, -0.1) is 0 Å². The second kappa shape index (κ2) is 11.7. The fourth-order valence-electron chi connectivity index (χ4n) is 2.73. The van der Waals surface area contributed by atoms with E-state index in [4.69, 9.17) is 0 Å². The highest BCUT2D eigenvalue weighted by Crippen LogP contribution is 2.13. The fourth-order valence-corrected chi connectivity index (χ4v) is 2.73. The van der Waals surface area contributed by atoms with Gasteiger partial charge >= 0.3 is 0 Å². The summed E-state index contributed by atoms with van der Waals surface area (Å²) in [5, 5.41) is 9.97. The van der Waals surface area contributed by atoms with Crippen molar-refractivity contribution in [2.45, 2.75) is 83.7 Å². The van der Waals surface area contributed by atoms with Crippen LogP contribution in [0.15, 0.2) is 24.3 Å². The van der Waals surface area contributed by atoms with E-state index in [0.29, 0.717) is 6.42 Å². The molecular formula is C19H31FO. The summed E-state index contributed by atoms with van der Waals surface area (Å²) in [6.45, 7) is 2.25. The van der Waals surface area contributed by atoms with E-state index >= 15 is 0 Å². The molecule has 1 atom stereocenters. The van der Waals surface area contributed by atoms with Crippen LogP contribution in [-0.2, 0) is 6.42 Å². The minimum absolute atomic E-state index is 0.220. The molecule has 0 bridgehead atoms. The Bertz CT molecular complexity index is 364. The van der Waals surface area contributed by atoms with Crippen molar-refractivity contribution < 1.29 is 9.50 Å². The van der Waals surface area contributed by atoms with E-state index < -0.39 is 0 Å². The smallest absolute Gasteiger partial charge is 0.123 e. The average molecular weight is 294 g/mol. The van der Waals surface area contributed by atoms with Crippen molar-refractivity contribution in [3.63, 3.8) is 0 Å². The topological polar surface area (TPSA) is 20.2 Å². The molecule has 0 aliphatic rings. The van der Waals surface area contributed by atoms with E-state index in [1.165, 1.54) is 63.5 Å². The second-order valence-corrected chi connectivity index (χ2v) is 6.10. The molecule has 0 saturated carbocycles. The zero-order chi connectivity index (χ0) is 15.3. The van der Waals surface area contributed by atoms with E-state index in [-0.39, 0.29) is 11.9 Å². The van der Waals surface area contributed by atoms with Crippen LogP contribution in [0.4, 0.5) is 4.39 Å². The van der Waals surface area contributed by atoms with Crippen molar-refractivity contribution >= 4 is 0 Å². The lowest BCUT2D eigenvalue weighted by Crippen LogP contribution is -2.10. The lowest BCUT2D eigenvalue weighted by Gasteiger charge is -2.10. The molecule has 120 valence electrons. The Kier molecular flexibility index (Phi) is 10.1. The first-order chi connectivity index (χ1) is 10.2. The summed E-state index contributed by atoms with van der Waals surface area (Å²) in [6.07, 6.45) is 12.7. The molecule has 1 unspecified atom stereocenters. The molecule has 0 aromatic heterocycles. The molecule has 1 rings (SSSR count). The molecule has 0 aliphatic heterocycles. The first-order valence-electron chi connectivity index (χ1n) is 8.65. The minimum atomic E-state index is -0.337. The Labute approximate surface area is 129 Å². The average Bonchev–Trinajstić information content (AvgIpc) is 2.45. The van der Waals surface area contributed by atoms with Gasteiger partial charge in [-0.25, -0.2) is 4.39 Å². The summed E-state index contributed by atoms with van der Waals surface area (Å²) < 4.78 is 13.0. The molecule has 1 aromatic rings. The summed E-state index contributed by atoms with van der Waals surface area (Å²) in [4.78, 5) is 0. The molecule has 1 nitrogen and oxygen atoms in total. The van der Waals surface area contributed by atoms with Crippen molar-refractivity contribution in [2.24, 2.45) is 0 Å². The van der Waals surface area contributed by atoms with E-state index in [1.807, 2.05) is 6.07 Å². The maximum atomic E-state index is 13.0. The van der Waals surface area contributed by atoms with E-state index in [0.717, 1.165) is 18.4 Å². The summed E-state index contributed by atoms with van der Waals surface area (Å²) in [6, 6.07) is 6.54. The van der Waals surface area contributed by atoms with E-state index in [2.05, 4.69) is 6.92 Å². The van der Waals surface area contributed by atoms with Gasteiger partial charge in [0.05, 0.1) is 6.10 Å². The van der Waals surface area contributed by atoms with Crippen LogP contribution in [0.1, 0.15) is 76.7 Å². The Morgan fingerprint density at radius 3 is 2.19 bits per heavy atom. The van der Waals surface area contributed by atoms with Gasteiger partial charge in [0.15, 0.2) is 0 Å². The number of halogens is 1. The fraction of sp³-hybridized carbons (Fsp3) is 0.684. The van der Waals surface area contributed by atoms with Crippen LogP contribution in [0.5, 0.6) is 0 Å². The molecule has 0 spiro atoms. The third-order valence-corrected chi connectivity index (χ3v) is 4.00. The zero-order valence-electron chi connectivity index (χ0n) is 13.5. The lowest BCUT2D eigenvalue weighted by atomic mass is 10.0. The van der Waals surface area contributed by atoms with Crippen LogP contribution >= 0.6 is 0 Å². The molecule has 0 aliphatic carbocycles. The summed E-state index contributed by atoms with van der Waals surface area (Å²) >= 11 is 0. The van der Waals surface area contributed by atoms with Crippen molar-refractivity contribution in [1.82, 2.24) is 0 Å². The number of benzene rings is 1. The predicted molar refractivity (Wildman–Crippen MR) is 88.0 cm³/mol. The lowest BCUT2D eigenvalue weighted by molar-refractivity contribution is 0.161. The highest BCUT2D eigenvalue weighted by molar-refractivity contribution is 5.16. The second-order valence-electron chi connectivity index (χ2n) is 6.10. The molecular weight excluding hydrogens is 263 g/mol. The van der Waals surface area contributed by atoms with Crippen molar-refractivity contribution in [3.05, 3.63) is 35.6 Å². The number of hydrogen-bond donors (Lipinski definition) is 1. The normalized spacial score (nSPS) is 12.5. The first-order valence-corrected chi connectivity index (χ1v) is 8.65. The van der Waals surface area contributed by atoms with Gasteiger partial charge < -0.3 is 5.11 Å². The van der Waals surface area contributed by atoms with Gasteiger partial charge in [-0.1, -0.05) is 76.8 Å². The van der Waals surface area contributed by atoms with Crippen LogP contribution in [0, 0.1) is 5.82 Å². The number of rotatable bonds is 12. The van der Waals surface area contributed by atoms with Gasteiger partial charge in [0.25, 0.3) is 0 Å². The van der Waals surface area contributed by atoms with Crippen LogP contribution in [0.3, 0.4) is 0 Å². The van der Waals surface area contributed by atoms with E-state index in [9.17, 15) is 9.50 Å². The quantitative estimate of drug-likeness (QED) is 0.494. The molecule has 0 saturated heterocycles. The van der Waals surface area contributed by atoms with Crippen molar-refractivity contribution in [1.29, 1.82) is 0 Å². The van der Waals surface area contributed by atoms with Gasteiger partial charge in [-0.2, -0.15) is 0 Å². The van der Waals surface area contributed by atoms with Crippen LogP contribution in [0.2, 0.25) is 0 Å². The number of aliphatic hydroxyl groups excluding tert-OH is 1. The molecule has 0 radical (unpaired) electrons. The summed E-state index contributed by atoms with van der Waals surface area (Å²) in [5.74, 6) is -0.220. The van der Waals surface area contributed by atoms with Crippen LogP contribution < -0.4 is 0 Å². The Hall–Kier alpha value is -0.890. The first kappa shape index (κ1) is 18.2. The van der Waals surface area contributed by atoms with Gasteiger partial charge in [0.2, 0.25) is 0 Å². The molecule has 1 aromatic carbocycles. The maximum absolute atomic E-state index is 13.0. The van der Waals surface area contributed by atoms with Gasteiger partial charge in [0, 0.05) is 0 Å². The standard InChI is InChI=1S/C19H31FO/c1-2-3-4-5-6-7-8-9-10-14-19(21)16-17-12-11-13-18(20)15-17/h11-13,15,19,21H,2-10,14,16H2,1H3. The van der Waals surface area contributed by atoms with Crippen molar-refractivity contribution in [3.8, 4) is 0 Å². The minimum Gasteiger partial charge on any atom is -0.393 e. The van der Waals surface area contributed by atoms with Gasteiger partial charge in [-0.05, 0) is 30.5 Å². The zero-order valence-corrected chi connectivity index (χ0v) is 13.5. The van der Waals surface area contributed by atoms with E-state index in [1.54, 1.807) is 6.07 Å². The Morgan fingerprint density at radius 2 is 1.57 bits per heavy atom. The number of hydrogen-bond acceptors (Lipinski definition) is 1. The summed E-state index contributed by atoms with van der Waals surface area (Å²) in [5.41, 5.74) is 0.887. The Balaban J connectivity index is 1.97. The third kappa shape index (κ3) is 9.62. The van der Waals surface area contributed by atoms with Crippen LogP contribution in [-0.4, -0.2) is 11.2 Å². The molecule has 0 fully saturated rings. The molecule has 21 heavy (non-hydrogen) atoms. The largest absolute Gasteiger partial charge is 0.393 e. The monoisotopic (exact) mass is 294 g/mol. The maximum Gasteiger partial charge on any atom is 0.123 e. The Morgan fingerprint density at radius 1 is 0.952 bits per heavy atom. The molecule has 0 heterocycles. The molecule has 1 N–H and O–H groups in total. The summed E-state index contributed by atoms with van der Waals surface area (Å²) in [7, 11) is 0. The highest BCUT2D eigenvalue weighted by Gasteiger charge is 2.06. The predicted octanol–water partition coefficient (Wildman–Crippen LogP) is 5.65. The highest BCUT2D eigenvalue weighted by atomic mass is 19.1. The number of unbranched alkanes of at least 4 members (excludes halogenated alkanes) is 8. The van der Waals surface area contributed by atoms with Crippen molar-refractivity contribution in [2.75, 3.05) is 0 Å².